The number of halogens is 1. The maximum absolute atomic E-state index is 12.3. The number of hydrogen-bond donors (Lipinski definition) is 0. The molecule has 0 bridgehead atoms. The molecule has 18 heavy (non-hydrogen) atoms. The van der Waals surface area contributed by atoms with Crippen LogP contribution in [0.15, 0.2) is 52.5 Å². The van der Waals surface area contributed by atoms with E-state index in [4.69, 9.17) is 0 Å². The normalized spacial score (nSPS) is 14.8. The highest BCUT2D eigenvalue weighted by molar-refractivity contribution is 9.10. The fraction of sp³-hybridized carbons (Fsp3) is 0.188. The van der Waals surface area contributed by atoms with E-state index in [0.29, 0.717) is 0 Å². The molecule has 0 radical (unpaired) electrons. The van der Waals surface area contributed by atoms with Gasteiger partial charge in [0.25, 0.3) is 0 Å². The molecule has 2 aromatic carbocycles. The predicted octanol–water partition coefficient (Wildman–Crippen LogP) is 4.90. The van der Waals surface area contributed by atoms with E-state index in [-0.39, 0.29) is 5.78 Å². The minimum atomic E-state index is 0.192. The number of allylic oxidation sites excluding steroid dienone is 2. The third-order valence-corrected chi connectivity index (χ3v) is 3.89. The van der Waals surface area contributed by atoms with Gasteiger partial charge in [0.2, 0.25) is 0 Å². The van der Waals surface area contributed by atoms with Crippen LogP contribution in [-0.4, -0.2) is 5.78 Å². The summed E-state index contributed by atoms with van der Waals surface area (Å²) in [5, 5.41) is 2.27. The van der Waals surface area contributed by atoms with Crippen LogP contribution in [0.1, 0.15) is 29.6 Å². The lowest BCUT2D eigenvalue weighted by molar-refractivity contribution is 0.103. The van der Waals surface area contributed by atoms with Crippen molar-refractivity contribution in [3.8, 4) is 0 Å². The molecule has 2 heteroatoms. The van der Waals surface area contributed by atoms with Crippen molar-refractivity contribution in [1.82, 2.24) is 0 Å². The maximum atomic E-state index is 12.3. The highest BCUT2D eigenvalue weighted by atomic mass is 79.9. The van der Waals surface area contributed by atoms with Gasteiger partial charge >= 0.3 is 0 Å². The first-order valence-electron chi connectivity index (χ1n) is 6.17. The van der Waals surface area contributed by atoms with Crippen molar-refractivity contribution < 1.29 is 4.79 Å². The number of carbonyl (C=O) groups is 1. The Hall–Kier alpha value is -1.41. The monoisotopic (exact) mass is 300 g/mol. The van der Waals surface area contributed by atoms with E-state index in [2.05, 4.69) is 28.1 Å². The third-order valence-electron chi connectivity index (χ3n) is 3.40. The van der Waals surface area contributed by atoms with E-state index in [0.717, 1.165) is 45.6 Å². The van der Waals surface area contributed by atoms with Crippen LogP contribution in [0.25, 0.3) is 10.8 Å². The van der Waals surface area contributed by atoms with Crippen molar-refractivity contribution in [3.05, 3.63) is 58.1 Å². The van der Waals surface area contributed by atoms with Gasteiger partial charge in [-0.2, -0.15) is 0 Å². The van der Waals surface area contributed by atoms with Gasteiger partial charge in [-0.1, -0.05) is 40.2 Å². The molecule has 0 N–H and O–H groups in total. The summed E-state index contributed by atoms with van der Waals surface area (Å²) in [5.41, 5.74) is 1.78. The summed E-state index contributed by atoms with van der Waals surface area (Å²) < 4.78 is 1.06. The molecule has 0 saturated carbocycles. The summed E-state index contributed by atoms with van der Waals surface area (Å²) >= 11 is 3.46. The van der Waals surface area contributed by atoms with Crippen LogP contribution in [0.2, 0.25) is 0 Å². The molecule has 0 amide bonds. The molecule has 0 aliphatic heterocycles. The van der Waals surface area contributed by atoms with Crippen LogP contribution in [0.4, 0.5) is 0 Å². The topological polar surface area (TPSA) is 17.1 Å². The Kier molecular flexibility index (Phi) is 3.04. The van der Waals surface area contributed by atoms with Gasteiger partial charge in [-0.3, -0.25) is 4.79 Å². The van der Waals surface area contributed by atoms with Crippen molar-refractivity contribution >= 4 is 32.5 Å². The molecule has 0 fully saturated rings. The van der Waals surface area contributed by atoms with Crippen molar-refractivity contribution in [2.75, 3.05) is 0 Å². The van der Waals surface area contributed by atoms with Crippen molar-refractivity contribution in [3.63, 3.8) is 0 Å². The molecule has 1 nitrogen and oxygen atoms in total. The summed E-state index contributed by atoms with van der Waals surface area (Å²) in [6.45, 7) is 0. The molecule has 0 aromatic heterocycles. The average Bonchev–Trinajstić information content (AvgIpc) is 2.91. The van der Waals surface area contributed by atoms with Crippen molar-refractivity contribution in [1.29, 1.82) is 0 Å². The second kappa shape index (κ2) is 4.69. The Morgan fingerprint density at radius 1 is 1.06 bits per heavy atom. The van der Waals surface area contributed by atoms with Gasteiger partial charge in [0, 0.05) is 10.0 Å². The number of ketones is 1. The maximum Gasteiger partial charge on any atom is 0.188 e. The molecular formula is C16H13BrO. The Morgan fingerprint density at radius 2 is 1.83 bits per heavy atom. The fourth-order valence-corrected chi connectivity index (χ4v) is 2.80. The SMILES string of the molecule is O=C(C1=CCCC1)c1ccc2cc(Br)ccc2c1. The van der Waals surface area contributed by atoms with E-state index in [1.54, 1.807) is 0 Å². The Labute approximate surface area is 115 Å². The molecule has 0 unspecified atom stereocenters. The van der Waals surface area contributed by atoms with Crippen molar-refractivity contribution in [2.24, 2.45) is 0 Å². The molecule has 0 heterocycles. The van der Waals surface area contributed by atoms with Gasteiger partial charge in [0.15, 0.2) is 5.78 Å². The molecule has 0 saturated heterocycles. The molecule has 1 aliphatic rings. The standard InChI is InChI=1S/C16H13BrO/c17-15-8-7-12-9-14(6-5-13(12)10-15)16(18)11-3-1-2-4-11/h3,5-10H,1-2,4H2. The van der Waals surface area contributed by atoms with Gasteiger partial charge in [-0.15, -0.1) is 0 Å². The highest BCUT2D eigenvalue weighted by Crippen LogP contribution is 2.25. The lowest BCUT2D eigenvalue weighted by Gasteiger charge is -2.04. The number of hydrogen-bond acceptors (Lipinski definition) is 1. The number of carbonyl (C=O) groups excluding carboxylic acids is 1. The van der Waals surface area contributed by atoms with Gasteiger partial charge in [-0.25, -0.2) is 0 Å². The summed E-state index contributed by atoms with van der Waals surface area (Å²) in [6.07, 6.45) is 5.16. The highest BCUT2D eigenvalue weighted by Gasteiger charge is 2.15. The van der Waals surface area contributed by atoms with Crippen molar-refractivity contribution in [2.45, 2.75) is 19.3 Å². The summed E-state index contributed by atoms with van der Waals surface area (Å²) in [4.78, 5) is 12.3. The molecule has 1 aliphatic carbocycles. The second-order valence-corrected chi connectivity index (χ2v) is 5.57. The second-order valence-electron chi connectivity index (χ2n) is 4.66. The Balaban J connectivity index is 2.03. The first-order chi connectivity index (χ1) is 8.74. The van der Waals surface area contributed by atoms with Crippen LogP contribution >= 0.6 is 15.9 Å². The Bertz CT molecular complexity index is 655. The van der Waals surface area contributed by atoms with Gasteiger partial charge in [0.05, 0.1) is 0 Å². The van der Waals surface area contributed by atoms with Crippen LogP contribution in [0, 0.1) is 0 Å². The van der Waals surface area contributed by atoms with Crippen LogP contribution in [-0.2, 0) is 0 Å². The average molecular weight is 301 g/mol. The van der Waals surface area contributed by atoms with Gasteiger partial charge < -0.3 is 0 Å². The molecule has 0 atom stereocenters. The lowest BCUT2D eigenvalue weighted by atomic mass is 10.00. The predicted molar refractivity (Wildman–Crippen MR) is 77.9 cm³/mol. The van der Waals surface area contributed by atoms with E-state index in [9.17, 15) is 4.79 Å². The van der Waals surface area contributed by atoms with E-state index >= 15 is 0 Å². The zero-order valence-corrected chi connectivity index (χ0v) is 11.5. The summed E-state index contributed by atoms with van der Waals surface area (Å²) in [5.74, 6) is 0.192. The smallest absolute Gasteiger partial charge is 0.188 e. The summed E-state index contributed by atoms with van der Waals surface area (Å²) in [6, 6.07) is 12.0. The largest absolute Gasteiger partial charge is 0.289 e. The number of rotatable bonds is 2. The summed E-state index contributed by atoms with van der Waals surface area (Å²) in [7, 11) is 0. The minimum Gasteiger partial charge on any atom is -0.289 e. The van der Waals surface area contributed by atoms with E-state index < -0.39 is 0 Å². The van der Waals surface area contributed by atoms with E-state index in [1.807, 2.05) is 30.3 Å². The minimum absolute atomic E-state index is 0.192. The molecule has 3 rings (SSSR count). The van der Waals surface area contributed by atoms with Crippen LogP contribution < -0.4 is 0 Å². The quantitative estimate of drug-likeness (QED) is 0.721. The lowest BCUT2D eigenvalue weighted by Crippen LogP contribution is -2.01. The number of fused-ring (bicyclic) bond motifs is 1. The molecule has 0 spiro atoms. The number of benzene rings is 2. The van der Waals surface area contributed by atoms with Gasteiger partial charge in [-0.05, 0) is 53.8 Å². The molecule has 90 valence electrons. The Morgan fingerprint density at radius 3 is 2.61 bits per heavy atom. The zero-order chi connectivity index (χ0) is 12.5. The van der Waals surface area contributed by atoms with Crippen LogP contribution in [0.3, 0.4) is 0 Å². The molecule has 2 aromatic rings. The van der Waals surface area contributed by atoms with E-state index in [1.165, 1.54) is 0 Å². The number of Topliss-reactive ketones (excluding diaryl/α,β-unsaturated/α-hetero) is 1. The third kappa shape index (κ3) is 2.13. The first-order valence-corrected chi connectivity index (χ1v) is 6.96. The van der Waals surface area contributed by atoms with Gasteiger partial charge in [0.1, 0.15) is 0 Å². The fourth-order valence-electron chi connectivity index (χ4n) is 2.42. The molecular weight excluding hydrogens is 288 g/mol. The van der Waals surface area contributed by atoms with Crippen LogP contribution in [0.5, 0.6) is 0 Å². The zero-order valence-electron chi connectivity index (χ0n) is 9.95. The first kappa shape index (κ1) is 11.7.